The summed E-state index contributed by atoms with van der Waals surface area (Å²) >= 11 is 0. The smallest absolute Gasteiger partial charge is 0.142 e. The normalized spacial score (nSPS) is 10.3. The molecule has 0 amide bonds. The maximum atomic E-state index is 12.9. The van der Waals surface area contributed by atoms with Crippen LogP contribution >= 0.6 is 0 Å². The highest BCUT2D eigenvalue weighted by molar-refractivity contribution is 5.81. The van der Waals surface area contributed by atoms with Crippen molar-refractivity contribution in [2.45, 2.75) is 0 Å². The van der Waals surface area contributed by atoms with Crippen molar-refractivity contribution in [2.75, 3.05) is 0 Å². The molecule has 1 aromatic carbocycles. The number of benzene rings is 1. The summed E-state index contributed by atoms with van der Waals surface area (Å²) in [6.07, 6.45) is 6.81. The Labute approximate surface area is 109 Å². The van der Waals surface area contributed by atoms with E-state index in [-0.39, 0.29) is 5.82 Å². The summed E-state index contributed by atoms with van der Waals surface area (Å²) in [7, 11) is 0. The summed E-state index contributed by atoms with van der Waals surface area (Å²) < 4.78 is 12.9. The Morgan fingerprint density at radius 3 is 2.53 bits per heavy atom. The largest absolute Gasteiger partial charge is 0.243 e. The quantitative estimate of drug-likeness (QED) is 0.622. The second kappa shape index (κ2) is 4.46. The molecule has 0 saturated carbocycles. The van der Waals surface area contributed by atoms with E-state index in [0.29, 0.717) is 22.4 Å². The molecule has 3 rings (SSSR count). The number of halogens is 1. The first-order valence-corrected chi connectivity index (χ1v) is 5.62. The summed E-state index contributed by atoms with van der Waals surface area (Å²) in [4.78, 5) is 12.6. The molecule has 3 aromatic rings. The minimum absolute atomic E-state index is 0.280. The van der Waals surface area contributed by atoms with Crippen LogP contribution in [0.5, 0.6) is 0 Å². The van der Waals surface area contributed by atoms with E-state index in [2.05, 4.69) is 20.9 Å². The molecule has 0 aliphatic carbocycles. The monoisotopic (exact) mass is 249 g/mol. The van der Waals surface area contributed by atoms with Crippen molar-refractivity contribution in [2.24, 2.45) is 0 Å². The fourth-order valence-corrected chi connectivity index (χ4v) is 1.83. The Morgan fingerprint density at radius 2 is 1.79 bits per heavy atom. The lowest BCUT2D eigenvalue weighted by Gasteiger charge is -2.03. The van der Waals surface area contributed by atoms with Gasteiger partial charge in [0.05, 0.1) is 11.2 Å². The Balaban J connectivity index is 2.21. The van der Waals surface area contributed by atoms with Gasteiger partial charge in [-0.05, 0) is 42.3 Å². The van der Waals surface area contributed by atoms with Crippen molar-refractivity contribution in [3.8, 4) is 23.6 Å². The Morgan fingerprint density at radius 1 is 1.00 bits per heavy atom. The van der Waals surface area contributed by atoms with Gasteiger partial charge in [0.25, 0.3) is 0 Å². The highest BCUT2D eigenvalue weighted by atomic mass is 19.1. The van der Waals surface area contributed by atoms with Crippen LogP contribution in [-0.4, -0.2) is 15.0 Å². The first kappa shape index (κ1) is 11.3. The molecular weight excluding hydrogens is 241 g/mol. The molecule has 0 aliphatic heterocycles. The van der Waals surface area contributed by atoms with Gasteiger partial charge in [0.2, 0.25) is 0 Å². The second-order valence-corrected chi connectivity index (χ2v) is 3.94. The molecule has 0 spiro atoms. The van der Waals surface area contributed by atoms with E-state index in [1.807, 2.05) is 12.1 Å². The molecule has 3 nitrogen and oxygen atoms in total. The zero-order chi connectivity index (χ0) is 13.2. The summed E-state index contributed by atoms with van der Waals surface area (Å²) in [5.74, 6) is 2.20. The van der Waals surface area contributed by atoms with Crippen LogP contribution < -0.4 is 0 Å². The molecule has 4 heteroatoms. The predicted molar refractivity (Wildman–Crippen MR) is 70.7 cm³/mol. The molecule has 2 heterocycles. The molecule has 19 heavy (non-hydrogen) atoms. The van der Waals surface area contributed by atoms with E-state index in [1.165, 1.54) is 18.5 Å². The van der Waals surface area contributed by atoms with E-state index >= 15 is 0 Å². The van der Waals surface area contributed by atoms with Gasteiger partial charge in [0.1, 0.15) is 23.4 Å². The van der Waals surface area contributed by atoms with Crippen LogP contribution in [0.15, 0.2) is 42.7 Å². The summed E-state index contributed by atoms with van der Waals surface area (Å²) in [6, 6.07) is 9.77. The maximum absolute atomic E-state index is 12.9. The highest BCUT2D eigenvalue weighted by Crippen LogP contribution is 2.21. The number of aromatic nitrogens is 3. The molecule has 2 aromatic heterocycles. The van der Waals surface area contributed by atoms with Gasteiger partial charge in [0, 0.05) is 5.56 Å². The molecule has 0 N–H and O–H groups in total. The number of nitrogens with zero attached hydrogens (tertiary/aromatic N) is 3. The molecule has 0 bridgehead atoms. The van der Waals surface area contributed by atoms with Crippen LogP contribution in [0.1, 0.15) is 5.69 Å². The van der Waals surface area contributed by atoms with Crippen molar-refractivity contribution < 1.29 is 4.39 Å². The van der Waals surface area contributed by atoms with E-state index in [0.717, 1.165) is 5.56 Å². The number of terminal acetylenes is 1. The van der Waals surface area contributed by atoms with Gasteiger partial charge in [0.15, 0.2) is 0 Å². The number of hydrogen-bond donors (Lipinski definition) is 0. The lowest BCUT2D eigenvalue weighted by atomic mass is 10.1. The van der Waals surface area contributed by atoms with Crippen LogP contribution in [0.4, 0.5) is 4.39 Å². The van der Waals surface area contributed by atoms with Crippen LogP contribution in [-0.2, 0) is 0 Å². The van der Waals surface area contributed by atoms with Crippen molar-refractivity contribution >= 4 is 11.0 Å². The molecule has 0 fully saturated rings. The van der Waals surface area contributed by atoms with Gasteiger partial charge in [-0.3, -0.25) is 0 Å². The van der Waals surface area contributed by atoms with Crippen LogP contribution in [0.25, 0.3) is 22.3 Å². The maximum Gasteiger partial charge on any atom is 0.142 e. The topological polar surface area (TPSA) is 38.7 Å². The Hall–Kier alpha value is -2.80. The minimum atomic E-state index is -0.280. The molecule has 0 radical (unpaired) electrons. The van der Waals surface area contributed by atoms with Gasteiger partial charge in [-0.1, -0.05) is 0 Å². The summed E-state index contributed by atoms with van der Waals surface area (Å²) in [5, 5.41) is 0. The Kier molecular flexibility index (Phi) is 2.66. The lowest BCUT2D eigenvalue weighted by molar-refractivity contribution is 0.628. The molecule has 0 saturated heterocycles. The third-order valence-electron chi connectivity index (χ3n) is 2.76. The van der Waals surface area contributed by atoms with Gasteiger partial charge >= 0.3 is 0 Å². The molecule has 0 atom stereocenters. The van der Waals surface area contributed by atoms with Gasteiger partial charge < -0.3 is 0 Å². The first-order valence-electron chi connectivity index (χ1n) is 5.62. The van der Waals surface area contributed by atoms with Crippen molar-refractivity contribution in [3.05, 3.63) is 54.2 Å². The van der Waals surface area contributed by atoms with E-state index < -0.39 is 0 Å². The molecule has 0 aliphatic rings. The van der Waals surface area contributed by atoms with Gasteiger partial charge in [-0.25, -0.2) is 19.3 Å². The second-order valence-electron chi connectivity index (χ2n) is 3.94. The standard InChI is InChI=1S/C15H8FN3/c1-2-12-15-14(18-9-17-12)8-7-13(19-15)10-3-5-11(16)6-4-10/h1,3-9H. The number of fused-ring (bicyclic) bond motifs is 1. The average molecular weight is 249 g/mol. The summed E-state index contributed by atoms with van der Waals surface area (Å²) in [5.41, 5.74) is 3.24. The molecule has 0 unspecified atom stereocenters. The SMILES string of the molecule is C#Cc1ncnc2ccc(-c3ccc(F)cc3)nc12. The zero-order valence-electron chi connectivity index (χ0n) is 9.84. The molecular formula is C15H8FN3. The third-order valence-corrected chi connectivity index (χ3v) is 2.76. The third kappa shape index (κ3) is 2.02. The first-order chi connectivity index (χ1) is 9.28. The van der Waals surface area contributed by atoms with Crippen LogP contribution in [0.3, 0.4) is 0 Å². The number of rotatable bonds is 1. The van der Waals surface area contributed by atoms with Crippen LogP contribution in [0.2, 0.25) is 0 Å². The fourth-order valence-electron chi connectivity index (χ4n) is 1.83. The highest BCUT2D eigenvalue weighted by Gasteiger charge is 2.06. The average Bonchev–Trinajstić information content (AvgIpc) is 2.47. The molecule has 90 valence electrons. The van der Waals surface area contributed by atoms with Gasteiger partial charge in [-0.15, -0.1) is 6.42 Å². The number of hydrogen-bond acceptors (Lipinski definition) is 3. The Bertz CT molecular complexity index is 789. The predicted octanol–water partition coefficient (Wildman–Crippen LogP) is 2.81. The van der Waals surface area contributed by atoms with Crippen LogP contribution in [0, 0.1) is 18.2 Å². The fraction of sp³-hybridized carbons (Fsp3) is 0. The van der Waals surface area contributed by atoms with Crippen molar-refractivity contribution in [3.63, 3.8) is 0 Å². The zero-order valence-corrected chi connectivity index (χ0v) is 9.84. The minimum Gasteiger partial charge on any atom is -0.243 e. The lowest BCUT2D eigenvalue weighted by Crippen LogP contribution is -1.93. The van der Waals surface area contributed by atoms with E-state index in [1.54, 1.807) is 12.1 Å². The number of pyridine rings is 1. The van der Waals surface area contributed by atoms with Crippen molar-refractivity contribution in [1.29, 1.82) is 0 Å². The van der Waals surface area contributed by atoms with E-state index in [9.17, 15) is 4.39 Å². The van der Waals surface area contributed by atoms with Crippen molar-refractivity contribution in [1.82, 2.24) is 15.0 Å². The van der Waals surface area contributed by atoms with E-state index in [4.69, 9.17) is 6.42 Å². The van der Waals surface area contributed by atoms with Gasteiger partial charge in [-0.2, -0.15) is 0 Å². The summed E-state index contributed by atoms with van der Waals surface area (Å²) in [6.45, 7) is 0.